The van der Waals surface area contributed by atoms with E-state index in [1.54, 1.807) is 58.0 Å². The maximum atomic E-state index is 15.1. The molecule has 11 heteroatoms. The first-order valence-electron chi connectivity index (χ1n) is 16.4. The molecule has 0 unspecified atom stereocenters. The number of hydrogen-bond donors (Lipinski definition) is 2. The number of hydrogen-bond acceptors (Lipinski definition) is 10. The number of carbonyl (C=O) groups is 4. The van der Waals surface area contributed by atoms with E-state index in [9.17, 15) is 24.6 Å². The minimum atomic E-state index is -2.43. The molecule has 252 valence electrons. The predicted octanol–water partition coefficient (Wildman–Crippen LogP) is 4.32. The first kappa shape index (κ1) is 34.6. The smallest absolute Gasteiger partial charge is 0.338 e. The van der Waals surface area contributed by atoms with Gasteiger partial charge in [-0.2, -0.15) is 0 Å². The second kappa shape index (κ2) is 11.8. The highest BCUT2D eigenvalue weighted by molar-refractivity contribution is 6.73. The van der Waals surface area contributed by atoms with E-state index in [-0.39, 0.29) is 29.7 Å². The van der Waals surface area contributed by atoms with Gasteiger partial charge in [0, 0.05) is 25.2 Å². The molecule has 8 atom stereocenters. The van der Waals surface area contributed by atoms with Crippen molar-refractivity contribution in [3.63, 3.8) is 0 Å². The maximum absolute atomic E-state index is 15.1. The summed E-state index contributed by atoms with van der Waals surface area (Å²) in [6, 6.07) is 10.6. The fourth-order valence-electron chi connectivity index (χ4n) is 8.93. The molecule has 5 rings (SSSR count). The average Bonchev–Trinajstić information content (AvgIpc) is 3.01. The van der Waals surface area contributed by atoms with Crippen molar-refractivity contribution in [3.05, 3.63) is 47.0 Å². The number of benzene rings is 1. The predicted molar refractivity (Wildman–Crippen MR) is 170 cm³/mol. The van der Waals surface area contributed by atoms with Gasteiger partial charge in [0.2, 0.25) is 0 Å². The van der Waals surface area contributed by atoms with Crippen LogP contribution in [0.4, 0.5) is 0 Å². The number of Topliss-reactive ketones (excluding diaryl/α,β-unsaturated/α-hetero) is 2. The molecule has 3 aliphatic carbocycles. The molecule has 1 aromatic carbocycles. The molecule has 2 saturated carbocycles. The van der Waals surface area contributed by atoms with Gasteiger partial charge in [-0.05, 0) is 55.3 Å². The number of ether oxygens (including phenoxy) is 3. The third kappa shape index (κ3) is 4.79. The largest absolute Gasteiger partial charge is 0.455 e. The monoisotopic (exact) mass is 656 g/mol. The van der Waals surface area contributed by atoms with Crippen molar-refractivity contribution >= 4 is 31.8 Å². The van der Waals surface area contributed by atoms with Crippen LogP contribution in [0.2, 0.25) is 18.1 Å². The molecule has 3 fully saturated rings. The molecule has 2 bridgehead atoms. The van der Waals surface area contributed by atoms with Gasteiger partial charge in [0.1, 0.15) is 23.9 Å². The maximum Gasteiger partial charge on any atom is 0.338 e. The van der Waals surface area contributed by atoms with Crippen molar-refractivity contribution in [2.24, 2.45) is 16.7 Å². The number of fused-ring (bicyclic) bond motifs is 5. The van der Waals surface area contributed by atoms with Gasteiger partial charge in [0.15, 0.2) is 25.5 Å². The number of carbonyl (C=O) groups excluding carboxylic acids is 4. The van der Waals surface area contributed by atoms with Crippen molar-refractivity contribution < 1.29 is 48.0 Å². The van der Waals surface area contributed by atoms with Crippen LogP contribution < -0.4 is 0 Å². The van der Waals surface area contributed by atoms with E-state index in [1.165, 1.54) is 6.92 Å². The highest BCUT2D eigenvalue weighted by Gasteiger charge is 2.78. The number of ketones is 2. The van der Waals surface area contributed by atoms with Gasteiger partial charge in [-0.15, -0.1) is 0 Å². The molecule has 1 aliphatic heterocycles. The van der Waals surface area contributed by atoms with E-state index >= 15 is 4.79 Å². The summed E-state index contributed by atoms with van der Waals surface area (Å²) in [5.41, 5.74) is -6.23. The average molecular weight is 657 g/mol. The Labute approximate surface area is 271 Å². The van der Waals surface area contributed by atoms with Crippen molar-refractivity contribution in [1.29, 1.82) is 0 Å². The third-order valence-electron chi connectivity index (χ3n) is 12.1. The molecule has 10 nitrogen and oxygen atoms in total. The molecule has 1 heterocycles. The van der Waals surface area contributed by atoms with Crippen LogP contribution in [0.3, 0.4) is 0 Å². The normalized spacial score (nSPS) is 36.9. The molecule has 1 saturated heterocycles. The van der Waals surface area contributed by atoms with E-state index in [4.69, 9.17) is 18.6 Å². The van der Waals surface area contributed by atoms with Crippen LogP contribution in [0.1, 0.15) is 78.6 Å². The molecule has 2 N–H and O–H groups in total. The SMILES string of the molecule is CC[Si](CC)(CC)O[C@H]1C[C@H]2OC[C@@]2(OC(C)=O)[C@H]2[C@H](OC(=O)c3ccccc3)[C@]3(O)CC(=O)C(C)=C([C@@H](O)C(=O)[C@]12C)C3(C)C. The summed E-state index contributed by atoms with van der Waals surface area (Å²) in [4.78, 5) is 55.5. The zero-order chi connectivity index (χ0) is 34.0. The highest BCUT2D eigenvalue weighted by atomic mass is 28.4. The topological polar surface area (TPSA) is 146 Å². The standard InChI is InChI=1S/C35H48O10Si/c1-9-46(10-2,11-3)45-24-17-25-34(19-42-25,44-21(5)36)28-30(43-31(40)22-15-13-12-14-16-22)35(41)18-23(37)20(4)26(32(35,6)7)27(38)29(39)33(24,28)8/h12-16,24-25,27-28,30,38,41H,9-11,17-19H2,1-8H3/t24-,25+,27+,28-,30-,33+,34-,35+/m0/s1. The van der Waals surface area contributed by atoms with E-state index in [0.717, 1.165) is 18.1 Å². The lowest BCUT2D eigenvalue weighted by Gasteiger charge is -2.68. The number of rotatable bonds is 8. The van der Waals surface area contributed by atoms with E-state index < -0.39 is 90.6 Å². The third-order valence-corrected chi connectivity index (χ3v) is 16.7. The fourth-order valence-corrected chi connectivity index (χ4v) is 11.9. The van der Waals surface area contributed by atoms with Crippen molar-refractivity contribution in [2.75, 3.05) is 6.61 Å². The Balaban J connectivity index is 1.84. The number of esters is 2. The Morgan fingerprint density at radius 3 is 2.17 bits per heavy atom. The quantitative estimate of drug-likeness (QED) is 0.307. The van der Waals surface area contributed by atoms with Gasteiger partial charge < -0.3 is 28.8 Å². The van der Waals surface area contributed by atoms with Crippen LogP contribution >= 0.6 is 0 Å². The Bertz CT molecular complexity index is 1440. The van der Waals surface area contributed by atoms with Crippen molar-refractivity contribution in [2.45, 2.75) is 122 Å². The van der Waals surface area contributed by atoms with Crippen LogP contribution in [0.15, 0.2) is 41.5 Å². The molecule has 4 aliphatic rings. The van der Waals surface area contributed by atoms with Crippen molar-refractivity contribution in [1.82, 2.24) is 0 Å². The van der Waals surface area contributed by atoms with Gasteiger partial charge in [-0.1, -0.05) is 52.8 Å². The molecular weight excluding hydrogens is 608 g/mol. The first-order chi connectivity index (χ1) is 21.5. The molecule has 1 aromatic rings. The van der Waals surface area contributed by atoms with Crippen LogP contribution in [-0.2, 0) is 33.0 Å². The summed E-state index contributed by atoms with van der Waals surface area (Å²) in [6.45, 7) is 13.9. The van der Waals surface area contributed by atoms with E-state index in [2.05, 4.69) is 20.8 Å². The zero-order valence-corrected chi connectivity index (χ0v) is 29.2. The van der Waals surface area contributed by atoms with Gasteiger partial charge in [0.05, 0.1) is 29.6 Å². The summed E-state index contributed by atoms with van der Waals surface area (Å²) in [5, 5.41) is 25.0. The number of aliphatic hydroxyl groups excluding tert-OH is 1. The number of allylic oxidation sites excluding steroid dienone is 1. The Morgan fingerprint density at radius 2 is 1.65 bits per heavy atom. The molecule has 0 radical (unpaired) electrons. The molecule has 0 aromatic heterocycles. The summed E-state index contributed by atoms with van der Waals surface area (Å²) >= 11 is 0. The van der Waals surface area contributed by atoms with Crippen molar-refractivity contribution in [3.8, 4) is 0 Å². The lowest BCUT2D eigenvalue weighted by molar-refractivity contribution is -0.343. The fraction of sp³-hybridized carbons (Fsp3) is 0.657. The lowest BCUT2D eigenvalue weighted by Crippen LogP contribution is -2.82. The summed E-state index contributed by atoms with van der Waals surface area (Å²) in [6.07, 6.45) is -5.17. The highest BCUT2D eigenvalue weighted by Crippen LogP contribution is 2.64. The Morgan fingerprint density at radius 1 is 1.04 bits per heavy atom. The minimum Gasteiger partial charge on any atom is -0.455 e. The van der Waals surface area contributed by atoms with E-state index in [1.807, 2.05) is 0 Å². The van der Waals surface area contributed by atoms with Gasteiger partial charge in [-0.3, -0.25) is 14.4 Å². The van der Waals surface area contributed by atoms with Crippen LogP contribution in [0, 0.1) is 16.7 Å². The Kier molecular flexibility index (Phi) is 8.86. The summed E-state index contributed by atoms with van der Waals surface area (Å²) in [7, 11) is -2.43. The van der Waals surface area contributed by atoms with Crippen LogP contribution in [0.25, 0.3) is 0 Å². The molecule has 46 heavy (non-hydrogen) atoms. The van der Waals surface area contributed by atoms with Gasteiger partial charge in [0.25, 0.3) is 0 Å². The number of aliphatic hydroxyl groups is 2. The first-order valence-corrected chi connectivity index (χ1v) is 19.0. The van der Waals surface area contributed by atoms with Crippen LogP contribution in [0.5, 0.6) is 0 Å². The Hall–Kier alpha value is -2.70. The second-order valence-electron chi connectivity index (χ2n) is 14.3. The summed E-state index contributed by atoms with van der Waals surface area (Å²) < 4.78 is 25.6. The second-order valence-corrected chi connectivity index (χ2v) is 19.1. The van der Waals surface area contributed by atoms with Crippen LogP contribution in [-0.4, -0.2) is 84.3 Å². The lowest BCUT2D eigenvalue weighted by atomic mass is 9.45. The zero-order valence-electron chi connectivity index (χ0n) is 28.2. The van der Waals surface area contributed by atoms with E-state index in [0.29, 0.717) is 0 Å². The summed E-state index contributed by atoms with van der Waals surface area (Å²) in [5.74, 6) is -3.77. The minimum absolute atomic E-state index is 0.0916. The van der Waals surface area contributed by atoms with Gasteiger partial charge in [-0.25, -0.2) is 4.79 Å². The molecular formula is C35H48O10Si. The molecule has 0 spiro atoms. The van der Waals surface area contributed by atoms with Gasteiger partial charge >= 0.3 is 11.9 Å². The molecule has 0 amide bonds.